The first-order valence-electron chi connectivity index (χ1n) is 7.19. The average Bonchev–Trinajstić information content (AvgIpc) is 2.54. The van der Waals surface area contributed by atoms with Crippen molar-refractivity contribution in [2.45, 2.75) is 12.5 Å². The van der Waals surface area contributed by atoms with Crippen molar-refractivity contribution in [2.24, 2.45) is 5.73 Å². The highest BCUT2D eigenvalue weighted by atomic mass is 16.4. The van der Waals surface area contributed by atoms with Crippen molar-refractivity contribution in [1.82, 2.24) is 4.98 Å². The van der Waals surface area contributed by atoms with Gasteiger partial charge in [-0.15, -0.1) is 6.58 Å². The highest BCUT2D eigenvalue weighted by Crippen LogP contribution is 2.31. The van der Waals surface area contributed by atoms with Crippen LogP contribution in [0.5, 0.6) is 0 Å². The molecule has 23 heavy (non-hydrogen) atoms. The third-order valence-corrected chi connectivity index (χ3v) is 3.43. The van der Waals surface area contributed by atoms with Crippen molar-refractivity contribution in [3.63, 3.8) is 0 Å². The van der Waals surface area contributed by atoms with Gasteiger partial charge in [0.1, 0.15) is 0 Å². The van der Waals surface area contributed by atoms with Crippen molar-refractivity contribution < 1.29 is 9.90 Å². The average molecular weight is 312 g/mol. The fourth-order valence-electron chi connectivity index (χ4n) is 2.32. The summed E-state index contributed by atoms with van der Waals surface area (Å²) in [4.78, 5) is 15.1. The number of nitrogens with two attached hydrogens (primary N) is 1. The summed E-state index contributed by atoms with van der Waals surface area (Å²) >= 11 is 0. The number of carboxylic acid groups (broad SMARTS) is 1. The van der Waals surface area contributed by atoms with E-state index in [9.17, 15) is 4.79 Å². The smallest absolute Gasteiger partial charge is 0.409 e. The zero-order valence-electron chi connectivity index (χ0n) is 12.9. The summed E-state index contributed by atoms with van der Waals surface area (Å²) in [6, 6.07) is 8.95. The van der Waals surface area contributed by atoms with E-state index in [1.807, 2.05) is 18.2 Å². The van der Waals surface area contributed by atoms with Gasteiger partial charge in [0.05, 0.1) is 11.7 Å². The van der Waals surface area contributed by atoms with E-state index in [1.54, 1.807) is 31.5 Å². The summed E-state index contributed by atoms with van der Waals surface area (Å²) in [5.74, 6) is 0. The molecule has 0 saturated heterocycles. The molecule has 1 aromatic carbocycles. The minimum Gasteiger partial charge on any atom is -0.465 e. The predicted molar refractivity (Wildman–Crippen MR) is 92.6 cm³/mol. The summed E-state index contributed by atoms with van der Waals surface area (Å²) < 4.78 is 0. The molecule has 1 heterocycles. The molecule has 120 valence electrons. The van der Waals surface area contributed by atoms with E-state index in [4.69, 9.17) is 10.8 Å². The Morgan fingerprint density at radius 1 is 1.43 bits per heavy atom. The van der Waals surface area contributed by atoms with Crippen LogP contribution in [0, 0.1) is 0 Å². The van der Waals surface area contributed by atoms with Crippen LogP contribution in [0.3, 0.4) is 0 Å². The molecule has 1 amide bonds. The number of carbonyl (C=O) groups is 1. The second-order valence-electron chi connectivity index (χ2n) is 5.04. The topological polar surface area (TPSA) is 100 Å². The normalized spacial score (nSPS) is 11.6. The molecule has 5 N–H and O–H groups in total. The van der Waals surface area contributed by atoms with E-state index < -0.39 is 6.09 Å². The molecule has 1 aromatic heterocycles. The lowest BCUT2D eigenvalue weighted by Crippen LogP contribution is -2.11. The number of aromatic nitrogens is 1. The van der Waals surface area contributed by atoms with Crippen molar-refractivity contribution in [3.8, 4) is 11.1 Å². The van der Waals surface area contributed by atoms with Crippen LogP contribution in [-0.4, -0.2) is 23.2 Å². The lowest BCUT2D eigenvalue weighted by Gasteiger charge is -2.14. The van der Waals surface area contributed by atoms with Crippen LogP contribution in [0.4, 0.5) is 16.2 Å². The van der Waals surface area contributed by atoms with Gasteiger partial charge in [-0.3, -0.25) is 10.3 Å². The van der Waals surface area contributed by atoms with E-state index in [-0.39, 0.29) is 6.04 Å². The lowest BCUT2D eigenvalue weighted by atomic mass is 10.0. The number of nitrogens with one attached hydrogen (secondary N) is 2. The number of anilines is 2. The van der Waals surface area contributed by atoms with E-state index in [0.717, 1.165) is 22.5 Å². The minimum atomic E-state index is -1.10. The first-order valence-corrected chi connectivity index (χ1v) is 7.19. The Morgan fingerprint density at radius 3 is 2.87 bits per heavy atom. The van der Waals surface area contributed by atoms with Gasteiger partial charge in [0.25, 0.3) is 0 Å². The molecule has 1 atom stereocenters. The number of benzene rings is 1. The lowest BCUT2D eigenvalue weighted by molar-refractivity contribution is 0.210. The van der Waals surface area contributed by atoms with Crippen molar-refractivity contribution >= 4 is 17.5 Å². The van der Waals surface area contributed by atoms with Gasteiger partial charge in [0.15, 0.2) is 0 Å². The molecule has 0 aliphatic rings. The van der Waals surface area contributed by atoms with Gasteiger partial charge in [-0.1, -0.05) is 12.1 Å². The molecule has 0 aliphatic carbocycles. The molecular weight excluding hydrogens is 292 g/mol. The summed E-state index contributed by atoms with van der Waals surface area (Å²) in [5, 5.41) is 14.2. The van der Waals surface area contributed by atoms with Crippen molar-refractivity contribution in [2.75, 3.05) is 17.7 Å². The first-order chi connectivity index (χ1) is 11.0. The Kier molecular flexibility index (Phi) is 5.32. The fraction of sp³-hybridized carbons (Fsp3) is 0.176. The van der Waals surface area contributed by atoms with Crippen LogP contribution in [0.15, 0.2) is 49.2 Å². The monoisotopic (exact) mass is 312 g/mol. The van der Waals surface area contributed by atoms with E-state index >= 15 is 0 Å². The quantitative estimate of drug-likeness (QED) is 0.612. The number of pyridine rings is 1. The Morgan fingerprint density at radius 2 is 2.22 bits per heavy atom. The van der Waals surface area contributed by atoms with E-state index in [0.29, 0.717) is 12.1 Å². The molecule has 2 aromatic rings. The highest BCUT2D eigenvalue weighted by Gasteiger charge is 2.10. The maximum Gasteiger partial charge on any atom is 0.409 e. The van der Waals surface area contributed by atoms with Gasteiger partial charge in [-0.2, -0.15) is 0 Å². The zero-order chi connectivity index (χ0) is 16.8. The molecule has 0 spiro atoms. The first kappa shape index (κ1) is 16.5. The van der Waals surface area contributed by atoms with Crippen LogP contribution in [0.25, 0.3) is 11.1 Å². The molecule has 6 nitrogen and oxygen atoms in total. The van der Waals surface area contributed by atoms with Gasteiger partial charge in [-0.05, 0) is 36.2 Å². The van der Waals surface area contributed by atoms with Crippen molar-refractivity contribution in [1.29, 1.82) is 0 Å². The zero-order valence-corrected chi connectivity index (χ0v) is 12.9. The van der Waals surface area contributed by atoms with Crippen LogP contribution < -0.4 is 16.4 Å². The van der Waals surface area contributed by atoms with E-state index in [2.05, 4.69) is 22.2 Å². The summed E-state index contributed by atoms with van der Waals surface area (Å²) in [6.45, 7) is 3.69. The number of hydrogen-bond acceptors (Lipinski definition) is 4. The third-order valence-electron chi connectivity index (χ3n) is 3.43. The molecule has 0 radical (unpaired) electrons. The highest BCUT2D eigenvalue weighted by molar-refractivity contribution is 5.87. The fourth-order valence-corrected chi connectivity index (χ4v) is 2.32. The Labute approximate surface area is 135 Å². The maximum atomic E-state index is 10.7. The Balaban J connectivity index is 2.39. The standard InChI is InChI=1S/C17H20N4O2/c1-3-4-14(18)16-9-11(7-8-20-16)13-6-5-12(21-17(22)23)10-15(13)19-2/h3,5-10,14,19,21H,1,4,18H2,2H3,(H,22,23). The van der Waals surface area contributed by atoms with Gasteiger partial charge < -0.3 is 16.2 Å². The van der Waals surface area contributed by atoms with Crippen LogP contribution >= 0.6 is 0 Å². The van der Waals surface area contributed by atoms with Gasteiger partial charge in [0, 0.05) is 30.2 Å². The number of amides is 1. The van der Waals surface area contributed by atoms with Crippen LogP contribution in [-0.2, 0) is 0 Å². The van der Waals surface area contributed by atoms with Gasteiger partial charge in [-0.25, -0.2) is 4.79 Å². The molecule has 0 aliphatic heterocycles. The molecule has 2 rings (SSSR count). The Hall–Kier alpha value is -2.86. The number of hydrogen-bond donors (Lipinski definition) is 4. The van der Waals surface area contributed by atoms with Crippen LogP contribution in [0.2, 0.25) is 0 Å². The minimum absolute atomic E-state index is 0.196. The molecule has 0 fully saturated rings. The molecule has 1 unspecified atom stereocenters. The third kappa shape index (κ3) is 4.08. The molecule has 6 heteroatoms. The molecule has 0 bridgehead atoms. The summed E-state index contributed by atoms with van der Waals surface area (Å²) in [5.41, 5.74) is 10.1. The van der Waals surface area contributed by atoms with E-state index in [1.165, 1.54) is 0 Å². The predicted octanol–water partition coefficient (Wildman–Crippen LogP) is 3.46. The number of nitrogens with zero attached hydrogens (tertiary/aromatic N) is 1. The van der Waals surface area contributed by atoms with Gasteiger partial charge >= 0.3 is 6.09 Å². The second-order valence-corrected chi connectivity index (χ2v) is 5.04. The second kappa shape index (κ2) is 7.42. The largest absolute Gasteiger partial charge is 0.465 e. The molecular formula is C17H20N4O2. The number of rotatable bonds is 6. The molecule has 0 saturated carbocycles. The van der Waals surface area contributed by atoms with Gasteiger partial charge in [0.2, 0.25) is 0 Å². The summed E-state index contributed by atoms with van der Waals surface area (Å²) in [6.07, 6.45) is 3.04. The summed E-state index contributed by atoms with van der Waals surface area (Å²) in [7, 11) is 1.79. The van der Waals surface area contributed by atoms with Crippen molar-refractivity contribution in [3.05, 3.63) is 54.9 Å². The Bertz CT molecular complexity index is 715. The SMILES string of the molecule is C=CCC(N)c1cc(-c2ccc(NC(=O)O)cc2NC)ccn1. The maximum absolute atomic E-state index is 10.7. The van der Waals surface area contributed by atoms with Crippen LogP contribution in [0.1, 0.15) is 18.2 Å².